The number of nitrogens with one attached hydrogen (secondary N) is 1. The molecule has 2 aromatic carbocycles. The van der Waals surface area contributed by atoms with Crippen molar-refractivity contribution in [2.24, 2.45) is 0 Å². The minimum absolute atomic E-state index is 0.0946. The quantitative estimate of drug-likeness (QED) is 0.573. The molecule has 1 N–H and O–H groups in total. The van der Waals surface area contributed by atoms with Crippen molar-refractivity contribution >= 4 is 17.5 Å². The fraction of sp³-hybridized carbons (Fsp3) is 0. The number of benzene rings is 2. The van der Waals surface area contributed by atoms with Gasteiger partial charge in [-0.25, -0.2) is 8.78 Å². The van der Waals surface area contributed by atoms with Crippen LogP contribution in [0.25, 0.3) is 11.3 Å². The number of amides is 1. The summed E-state index contributed by atoms with van der Waals surface area (Å²) in [5.41, 5.74) is -0.107. The third-order valence-corrected chi connectivity index (χ3v) is 3.31. The van der Waals surface area contributed by atoms with Crippen LogP contribution >= 0.6 is 0 Å². The standard InChI is InChI=1S/C16H9F2N3O4/c17-11-6-5-9(7-12(11)18)13-8-15(25-20-13)19-16(22)10-3-1-2-4-14(10)21(23)24/h1-8H,(H,19,22). The molecule has 126 valence electrons. The van der Waals surface area contributed by atoms with E-state index in [9.17, 15) is 23.7 Å². The van der Waals surface area contributed by atoms with Crippen LogP contribution in [0.5, 0.6) is 0 Å². The van der Waals surface area contributed by atoms with Gasteiger partial charge in [-0.3, -0.25) is 20.2 Å². The molecule has 1 amide bonds. The Balaban J connectivity index is 1.83. The van der Waals surface area contributed by atoms with Gasteiger partial charge in [-0.05, 0) is 24.3 Å². The predicted octanol–water partition coefficient (Wildman–Crippen LogP) is 3.78. The van der Waals surface area contributed by atoms with Crippen molar-refractivity contribution in [3.63, 3.8) is 0 Å². The fourth-order valence-corrected chi connectivity index (χ4v) is 2.13. The smallest absolute Gasteiger partial charge is 0.282 e. The van der Waals surface area contributed by atoms with Crippen molar-refractivity contribution in [3.8, 4) is 11.3 Å². The Morgan fingerprint density at radius 2 is 1.88 bits per heavy atom. The Kier molecular flexibility index (Phi) is 4.21. The van der Waals surface area contributed by atoms with Crippen LogP contribution in [0.4, 0.5) is 20.4 Å². The average molecular weight is 345 g/mol. The van der Waals surface area contributed by atoms with E-state index in [1.165, 1.54) is 36.4 Å². The SMILES string of the molecule is O=C(Nc1cc(-c2ccc(F)c(F)c2)no1)c1ccccc1[N+](=O)[O-]. The lowest BCUT2D eigenvalue weighted by molar-refractivity contribution is -0.385. The first-order valence-corrected chi connectivity index (χ1v) is 6.92. The number of nitro benzene ring substituents is 1. The summed E-state index contributed by atoms with van der Waals surface area (Å²) in [4.78, 5) is 22.4. The molecule has 0 aliphatic rings. The third kappa shape index (κ3) is 3.34. The van der Waals surface area contributed by atoms with Crippen LogP contribution in [0, 0.1) is 21.7 Å². The van der Waals surface area contributed by atoms with Crippen LogP contribution in [0.1, 0.15) is 10.4 Å². The van der Waals surface area contributed by atoms with Crippen LogP contribution in [-0.2, 0) is 0 Å². The largest absolute Gasteiger partial charge is 0.338 e. The first-order valence-electron chi connectivity index (χ1n) is 6.92. The molecule has 25 heavy (non-hydrogen) atoms. The van der Waals surface area contributed by atoms with Crippen molar-refractivity contribution in [1.29, 1.82) is 0 Å². The zero-order valence-electron chi connectivity index (χ0n) is 12.4. The normalized spacial score (nSPS) is 10.5. The molecule has 0 unspecified atom stereocenters. The van der Waals surface area contributed by atoms with Crippen molar-refractivity contribution in [2.45, 2.75) is 0 Å². The van der Waals surface area contributed by atoms with Crippen molar-refractivity contribution in [2.75, 3.05) is 5.32 Å². The molecule has 0 aliphatic heterocycles. The summed E-state index contributed by atoms with van der Waals surface area (Å²) in [6, 6.07) is 9.86. The highest BCUT2D eigenvalue weighted by Gasteiger charge is 2.20. The number of hydrogen-bond donors (Lipinski definition) is 1. The highest BCUT2D eigenvalue weighted by molar-refractivity contribution is 6.06. The Bertz CT molecular complexity index is 972. The molecule has 9 heteroatoms. The number of rotatable bonds is 4. The third-order valence-electron chi connectivity index (χ3n) is 3.31. The van der Waals surface area contributed by atoms with Gasteiger partial charge in [0.15, 0.2) is 11.6 Å². The molecule has 0 atom stereocenters. The maximum absolute atomic E-state index is 13.3. The summed E-state index contributed by atoms with van der Waals surface area (Å²) >= 11 is 0. The van der Waals surface area contributed by atoms with E-state index < -0.39 is 22.5 Å². The number of nitrogens with zero attached hydrogens (tertiary/aromatic N) is 2. The minimum atomic E-state index is -1.05. The average Bonchev–Trinajstić information content (AvgIpc) is 3.05. The molecule has 3 rings (SSSR count). The lowest BCUT2D eigenvalue weighted by Gasteiger charge is -2.01. The van der Waals surface area contributed by atoms with Gasteiger partial charge in [-0.15, -0.1) is 0 Å². The minimum Gasteiger partial charge on any atom is -0.338 e. The van der Waals surface area contributed by atoms with Gasteiger partial charge in [0.05, 0.1) is 4.92 Å². The van der Waals surface area contributed by atoms with E-state index in [1.54, 1.807) is 0 Å². The zero-order valence-corrected chi connectivity index (χ0v) is 12.4. The fourth-order valence-electron chi connectivity index (χ4n) is 2.13. The van der Waals surface area contributed by atoms with Gasteiger partial charge >= 0.3 is 0 Å². The summed E-state index contributed by atoms with van der Waals surface area (Å²) in [5.74, 6) is -2.91. The van der Waals surface area contributed by atoms with Gasteiger partial charge in [0.2, 0.25) is 5.88 Å². The van der Waals surface area contributed by atoms with E-state index in [0.29, 0.717) is 0 Å². The number of halogens is 2. The van der Waals surface area contributed by atoms with E-state index in [4.69, 9.17) is 4.52 Å². The Morgan fingerprint density at radius 1 is 1.12 bits per heavy atom. The molecule has 0 saturated carbocycles. The lowest BCUT2D eigenvalue weighted by atomic mass is 10.1. The molecule has 3 aromatic rings. The summed E-state index contributed by atoms with van der Waals surface area (Å²) in [6.07, 6.45) is 0. The summed E-state index contributed by atoms with van der Waals surface area (Å²) in [7, 11) is 0. The number of carbonyl (C=O) groups is 1. The molecule has 0 fully saturated rings. The number of aromatic nitrogens is 1. The van der Waals surface area contributed by atoms with E-state index in [1.807, 2.05) is 0 Å². The van der Waals surface area contributed by atoms with Crippen LogP contribution in [0.15, 0.2) is 53.1 Å². The summed E-state index contributed by atoms with van der Waals surface area (Å²) in [6.45, 7) is 0. The second-order valence-corrected chi connectivity index (χ2v) is 4.93. The molecule has 0 radical (unpaired) electrons. The maximum atomic E-state index is 13.3. The molecule has 7 nitrogen and oxygen atoms in total. The molecular weight excluding hydrogens is 336 g/mol. The first kappa shape index (κ1) is 16.2. The maximum Gasteiger partial charge on any atom is 0.282 e. The first-order chi connectivity index (χ1) is 12.0. The second kappa shape index (κ2) is 6.48. The van der Waals surface area contributed by atoms with Crippen LogP contribution < -0.4 is 5.32 Å². The number of anilines is 1. The lowest BCUT2D eigenvalue weighted by Crippen LogP contribution is -2.13. The summed E-state index contributed by atoms with van der Waals surface area (Å²) in [5, 5.41) is 16.9. The number of hydrogen-bond acceptors (Lipinski definition) is 5. The molecule has 0 spiro atoms. The van der Waals surface area contributed by atoms with Crippen molar-refractivity contribution in [3.05, 3.63) is 75.8 Å². The topological polar surface area (TPSA) is 98.3 Å². The predicted molar refractivity (Wildman–Crippen MR) is 82.9 cm³/mol. The van der Waals surface area contributed by atoms with Gasteiger partial charge in [-0.2, -0.15) is 0 Å². The second-order valence-electron chi connectivity index (χ2n) is 4.93. The van der Waals surface area contributed by atoms with E-state index in [2.05, 4.69) is 10.5 Å². The molecule has 0 aliphatic carbocycles. The van der Waals surface area contributed by atoms with Crippen LogP contribution in [0.3, 0.4) is 0 Å². The van der Waals surface area contributed by atoms with Crippen molar-refractivity contribution in [1.82, 2.24) is 5.16 Å². The van der Waals surface area contributed by atoms with Gasteiger partial charge in [0.25, 0.3) is 11.6 Å². The van der Waals surface area contributed by atoms with Gasteiger partial charge in [-0.1, -0.05) is 17.3 Å². The molecule has 0 bridgehead atoms. The summed E-state index contributed by atoms with van der Waals surface area (Å²) < 4.78 is 31.1. The van der Waals surface area contributed by atoms with E-state index in [-0.39, 0.29) is 28.4 Å². The van der Waals surface area contributed by atoms with Gasteiger partial charge < -0.3 is 4.52 Å². The molecule has 1 heterocycles. The Morgan fingerprint density at radius 3 is 2.60 bits per heavy atom. The zero-order chi connectivity index (χ0) is 18.0. The molecule has 0 saturated heterocycles. The highest BCUT2D eigenvalue weighted by atomic mass is 19.2. The van der Waals surface area contributed by atoms with Crippen LogP contribution in [-0.4, -0.2) is 16.0 Å². The van der Waals surface area contributed by atoms with E-state index >= 15 is 0 Å². The number of carbonyl (C=O) groups excluding carboxylic acids is 1. The highest BCUT2D eigenvalue weighted by Crippen LogP contribution is 2.25. The number of para-hydroxylation sites is 1. The van der Waals surface area contributed by atoms with E-state index in [0.717, 1.165) is 12.1 Å². The molecule has 1 aromatic heterocycles. The number of nitro groups is 1. The van der Waals surface area contributed by atoms with Gasteiger partial charge in [0.1, 0.15) is 11.3 Å². The monoisotopic (exact) mass is 345 g/mol. The Hall–Kier alpha value is -3.62. The Labute approximate surface area is 139 Å². The van der Waals surface area contributed by atoms with Crippen molar-refractivity contribution < 1.29 is 23.0 Å². The van der Waals surface area contributed by atoms with Gasteiger partial charge in [0, 0.05) is 17.7 Å². The molecular formula is C16H9F2N3O4. The van der Waals surface area contributed by atoms with Crippen LogP contribution in [0.2, 0.25) is 0 Å².